The zero-order chi connectivity index (χ0) is 20.6. The fourth-order valence-electron chi connectivity index (χ4n) is 2.43. The smallest absolute Gasteiger partial charge is 0.266 e. The molecule has 0 fully saturated rings. The Morgan fingerprint density at radius 3 is 2.29 bits per heavy atom. The number of anilines is 1. The zero-order valence-corrected chi connectivity index (χ0v) is 20.0. The van der Waals surface area contributed by atoms with Gasteiger partial charge in [0, 0.05) is 38.3 Å². The largest absolute Gasteiger partial charge is 0.478 e. The summed E-state index contributed by atoms with van der Waals surface area (Å²) in [5.41, 5.74) is 6.35. The number of benzene rings is 1. The summed E-state index contributed by atoms with van der Waals surface area (Å²) in [4.78, 5) is 5.01. The van der Waals surface area contributed by atoms with Crippen molar-refractivity contribution in [3.8, 4) is 12.1 Å². The second-order valence-corrected chi connectivity index (χ2v) is 6.10. The minimum absolute atomic E-state index is 0. The van der Waals surface area contributed by atoms with Crippen molar-refractivity contribution >= 4 is 5.69 Å². The van der Waals surface area contributed by atoms with Gasteiger partial charge in [0.05, 0.1) is 18.7 Å². The Morgan fingerprint density at radius 2 is 1.75 bits per heavy atom. The van der Waals surface area contributed by atoms with Crippen molar-refractivity contribution in [2.45, 2.75) is 34.6 Å². The van der Waals surface area contributed by atoms with Crippen LogP contribution in [0.4, 0.5) is 5.69 Å². The van der Waals surface area contributed by atoms with Gasteiger partial charge in [-0.05, 0) is 19.5 Å². The van der Waals surface area contributed by atoms with Crippen LogP contribution >= 0.6 is 0 Å². The minimum atomic E-state index is -0.0749. The number of nitrogens with zero attached hydrogens (tertiary/aromatic N) is 4. The van der Waals surface area contributed by atoms with Crippen LogP contribution in [-0.2, 0) is 32.7 Å². The Balaban J connectivity index is 0.00000729. The van der Waals surface area contributed by atoms with E-state index in [4.69, 9.17) is 11.8 Å². The SMILES string of the molecule is [C-]#[N+]/C(C#N)=C(C)/C(C#N)=C/C=C/C=[C-]N(C)c1[c-]c(C)c(C)c(C)c1C.[Y]. The molecule has 0 heterocycles. The maximum atomic E-state index is 9.20. The summed E-state index contributed by atoms with van der Waals surface area (Å²) in [5.74, 6) is 0. The second kappa shape index (κ2) is 12.1. The van der Waals surface area contributed by atoms with Gasteiger partial charge in [-0.25, -0.2) is 16.2 Å². The van der Waals surface area contributed by atoms with Crippen LogP contribution in [-0.4, -0.2) is 7.05 Å². The molecule has 0 N–H and O–H groups in total. The molecule has 0 saturated heterocycles. The molecule has 1 aromatic rings. The van der Waals surface area contributed by atoms with Gasteiger partial charge in [0.25, 0.3) is 5.70 Å². The fraction of sp³-hybridized carbons (Fsp3) is 0.261. The van der Waals surface area contributed by atoms with Crippen molar-refractivity contribution in [2.24, 2.45) is 0 Å². The van der Waals surface area contributed by atoms with Gasteiger partial charge in [0.2, 0.25) is 0 Å². The maximum Gasteiger partial charge on any atom is 0.266 e. The van der Waals surface area contributed by atoms with Crippen LogP contribution in [0.2, 0.25) is 0 Å². The Hall–Kier alpha value is -2.45. The fourth-order valence-corrected chi connectivity index (χ4v) is 2.43. The Morgan fingerprint density at radius 1 is 1.11 bits per heavy atom. The van der Waals surface area contributed by atoms with Gasteiger partial charge in [0.1, 0.15) is 0 Å². The molecule has 0 amide bonds. The van der Waals surface area contributed by atoms with Crippen molar-refractivity contribution < 1.29 is 32.7 Å². The third-order valence-corrected chi connectivity index (χ3v) is 4.52. The monoisotopic (exact) mass is 443 g/mol. The van der Waals surface area contributed by atoms with Crippen LogP contribution < -0.4 is 4.90 Å². The molecule has 0 atom stereocenters. The van der Waals surface area contributed by atoms with Crippen LogP contribution in [0.3, 0.4) is 0 Å². The number of aryl methyl sites for hydroxylation is 1. The first kappa shape index (κ1) is 25.6. The van der Waals surface area contributed by atoms with E-state index in [2.05, 4.69) is 37.9 Å². The van der Waals surface area contributed by atoms with Gasteiger partial charge in [-0.3, -0.25) is 0 Å². The number of hydrogen-bond acceptors (Lipinski definition) is 3. The molecule has 28 heavy (non-hydrogen) atoms. The van der Waals surface area contributed by atoms with Gasteiger partial charge in [0.15, 0.2) is 0 Å². The quantitative estimate of drug-likeness (QED) is 0.272. The van der Waals surface area contributed by atoms with E-state index in [0.29, 0.717) is 5.57 Å². The summed E-state index contributed by atoms with van der Waals surface area (Å²) in [5, 5.41) is 18.1. The van der Waals surface area contributed by atoms with E-state index in [1.165, 1.54) is 16.7 Å². The van der Waals surface area contributed by atoms with E-state index in [9.17, 15) is 5.26 Å². The first-order chi connectivity index (χ1) is 12.8. The molecule has 0 bridgehead atoms. The third kappa shape index (κ3) is 6.32. The molecule has 1 rings (SSSR count). The summed E-state index contributed by atoms with van der Waals surface area (Å²) >= 11 is 0. The molecule has 1 aromatic carbocycles. The molecular weight excluding hydrogens is 421 g/mol. The Bertz CT molecular complexity index is 958. The molecule has 0 aliphatic rings. The first-order valence-corrected chi connectivity index (χ1v) is 8.37. The summed E-state index contributed by atoms with van der Waals surface area (Å²) in [6.07, 6.45) is 9.89. The maximum absolute atomic E-state index is 9.20. The van der Waals surface area contributed by atoms with E-state index in [1.807, 2.05) is 24.9 Å². The van der Waals surface area contributed by atoms with Gasteiger partial charge in [-0.1, -0.05) is 33.8 Å². The van der Waals surface area contributed by atoms with E-state index in [-0.39, 0.29) is 44.0 Å². The summed E-state index contributed by atoms with van der Waals surface area (Å²) in [6.45, 7) is 16.9. The van der Waals surface area contributed by atoms with Crippen molar-refractivity contribution in [1.29, 1.82) is 10.5 Å². The zero-order valence-electron chi connectivity index (χ0n) is 17.2. The molecule has 0 aromatic heterocycles. The molecule has 0 spiro atoms. The summed E-state index contributed by atoms with van der Waals surface area (Å²) in [6, 6.07) is 7.20. The standard InChI is InChI=1S/C23H22N4.Y/c1-16-13-23(19(4)18(3)17(16)2)27(7)12-10-8-9-11-21(14-24)20(5)22(15-25)26-6;/h8-11H,1-5,7H3;/q-2;/b9-8+,21-11+,22-20+;. The van der Waals surface area contributed by atoms with Crippen molar-refractivity contribution in [1.82, 2.24) is 0 Å². The Labute approximate surface area is 193 Å². The van der Waals surface area contributed by atoms with Crippen molar-refractivity contribution in [3.05, 3.63) is 87.1 Å². The van der Waals surface area contributed by atoms with Gasteiger partial charge >= 0.3 is 0 Å². The minimum Gasteiger partial charge on any atom is -0.478 e. The van der Waals surface area contributed by atoms with Gasteiger partial charge in [-0.2, -0.15) is 45.4 Å². The molecular formula is C23H22N4Y-2. The Kier molecular flexibility index (Phi) is 11.0. The van der Waals surface area contributed by atoms with Crippen molar-refractivity contribution in [2.75, 3.05) is 11.9 Å². The number of rotatable bonds is 5. The molecule has 0 unspecified atom stereocenters. The van der Waals surface area contributed by atoms with Crippen LogP contribution in [0, 0.1) is 69.2 Å². The molecule has 5 heteroatoms. The van der Waals surface area contributed by atoms with Crippen LogP contribution in [0.1, 0.15) is 29.2 Å². The number of hydrogen-bond donors (Lipinski definition) is 0. The number of nitriles is 2. The van der Waals surface area contributed by atoms with Crippen molar-refractivity contribution in [3.63, 3.8) is 0 Å². The van der Waals surface area contributed by atoms with E-state index < -0.39 is 0 Å². The predicted octanol–water partition coefficient (Wildman–Crippen LogP) is 5.19. The predicted molar refractivity (Wildman–Crippen MR) is 108 cm³/mol. The second-order valence-electron chi connectivity index (χ2n) is 6.10. The summed E-state index contributed by atoms with van der Waals surface area (Å²) < 4.78 is 0. The average Bonchev–Trinajstić information content (AvgIpc) is 2.66. The molecule has 0 saturated carbocycles. The molecule has 4 nitrogen and oxygen atoms in total. The topological polar surface area (TPSA) is 55.2 Å². The van der Waals surface area contributed by atoms with Crippen LogP contribution in [0.5, 0.6) is 0 Å². The summed E-state index contributed by atoms with van der Waals surface area (Å²) in [7, 11) is 1.91. The van der Waals surface area contributed by atoms with E-state index in [0.717, 1.165) is 11.3 Å². The number of allylic oxidation sites excluding steroid dienone is 7. The van der Waals surface area contributed by atoms with Crippen LogP contribution in [0.25, 0.3) is 4.85 Å². The normalized spacial score (nSPS) is 12.0. The first-order valence-electron chi connectivity index (χ1n) is 8.37. The van der Waals surface area contributed by atoms with Gasteiger partial charge < -0.3 is 4.90 Å². The van der Waals surface area contributed by atoms with E-state index >= 15 is 0 Å². The molecule has 1 radical (unpaired) electrons. The average molecular weight is 443 g/mol. The molecule has 0 aliphatic carbocycles. The molecule has 139 valence electrons. The van der Waals surface area contributed by atoms with Crippen LogP contribution in [0.15, 0.2) is 41.1 Å². The van der Waals surface area contributed by atoms with Gasteiger partial charge in [-0.15, -0.1) is 12.3 Å². The molecule has 0 aliphatic heterocycles. The van der Waals surface area contributed by atoms with E-state index in [1.54, 1.807) is 37.3 Å². The third-order valence-electron chi connectivity index (χ3n) is 4.52.